The average Bonchev–Trinajstić information content (AvgIpc) is 2.48. The molecular weight excluding hydrogens is 268 g/mol. The van der Waals surface area contributed by atoms with Crippen molar-refractivity contribution in [2.45, 2.75) is 32.2 Å². The van der Waals surface area contributed by atoms with Crippen LogP contribution in [0.5, 0.6) is 0 Å². The fraction of sp³-hybridized carbons (Fsp3) is 0.353. The predicted molar refractivity (Wildman–Crippen MR) is 85.1 cm³/mol. The zero-order valence-electron chi connectivity index (χ0n) is 12.0. The van der Waals surface area contributed by atoms with Gasteiger partial charge >= 0.3 is 0 Å². The van der Waals surface area contributed by atoms with Gasteiger partial charge in [0, 0.05) is 28.9 Å². The van der Waals surface area contributed by atoms with Crippen LogP contribution >= 0.6 is 11.6 Å². The van der Waals surface area contributed by atoms with E-state index in [0.717, 1.165) is 23.7 Å². The number of nitrogens with one attached hydrogen (secondary N) is 1. The Hall–Kier alpha value is -1.38. The van der Waals surface area contributed by atoms with Gasteiger partial charge in [-0.1, -0.05) is 43.6 Å². The number of hydrogen-bond donors (Lipinski definition) is 1. The molecule has 106 valence electrons. The van der Waals surface area contributed by atoms with Crippen LogP contribution in [0.1, 0.15) is 43.5 Å². The summed E-state index contributed by atoms with van der Waals surface area (Å²) in [4.78, 5) is 4.48. The number of rotatable bonds is 6. The van der Waals surface area contributed by atoms with Crippen molar-refractivity contribution in [2.24, 2.45) is 0 Å². The van der Waals surface area contributed by atoms with Crippen LogP contribution in [0.2, 0.25) is 5.02 Å². The van der Waals surface area contributed by atoms with Crippen LogP contribution in [0.4, 0.5) is 0 Å². The molecule has 0 aliphatic heterocycles. The first-order valence-electron chi connectivity index (χ1n) is 7.12. The van der Waals surface area contributed by atoms with Crippen molar-refractivity contribution in [1.82, 2.24) is 10.3 Å². The van der Waals surface area contributed by atoms with Gasteiger partial charge in [0.15, 0.2) is 0 Å². The van der Waals surface area contributed by atoms with Crippen LogP contribution < -0.4 is 5.32 Å². The first-order chi connectivity index (χ1) is 9.72. The fourth-order valence-corrected chi connectivity index (χ4v) is 2.60. The largest absolute Gasteiger partial charge is 0.309 e. The number of pyridine rings is 1. The lowest BCUT2D eigenvalue weighted by atomic mass is 9.91. The highest BCUT2D eigenvalue weighted by molar-refractivity contribution is 6.30. The summed E-state index contributed by atoms with van der Waals surface area (Å²) in [5, 5.41) is 4.39. The Labute approximate surface area is 126 Å². The maximum absolute atomic E-state index is 6.13. The zero-order chi connectivity index (χ0) is 14.4. The maximum Gasteiger partial charge on any atom is 0.0450 e. The lowest BCUT2D eigenvalue weighted by molar-refractivity contribution is 0.460. The number of nitrogens with zero attached hydrogens (tertiary/aromatic N) is 1. The minimum atomic E-state index is 0.226. The lowest BCUT2D eigenvalue weighted by Gasteiger charge is -2.25. The summed E-state index contributed by atoms with van der Waals surface area (Å²) in [6.07, 6.45) is 2.95. The van der Waals surface area contributed by atoms with Gasteiger partial charge in [-0.25, -0.2) is 0 Å². The number of benzene rings is 1. The second-order valence-corrected chi connectivity index (χ2v) is 5.47. The normalized spacial score (nSPS) is 13.9. The highest BCUT2D eigenvalue weighted by Gasteiger charge is 2.21. The Kier molecular flexibility index (Phi) is 5.57. The molecule has 0 spiro atoms. The van der Waals surface area contributed by atoms with E-state index in [9.17, 15) is 0 Å². The minimum absolute atomic E-state index is 0.226. The molecule has 2 aromatic rings. The topological polar surface area (TPSA) is 24.9 Å². The summed E-state index contributed by atoms with van der Waals surface area (Å²) in [6, 6.07) is 14.4. The molecule has 1 heterocycles. The van der Waals surface area contributed by atoms with Gasteiger partial charge in [0.2, 0.25) is 0 Å². The summed E-state index contributed by atoms with van der Waals surface area (Å²) < 4.78 is 0. The molecule has 0 saturated heterocycles. The molecule has 2 unspecified atom stereocenters. The zero-order valence-corrected chi connectivity index (χ0v) is 12.8. The first-order valence-corrected chi connectivity index (χ1v) is 7.50. The quantitative estimate of drug-likeness (QED) is 0.841. The van der Waals surface area contributed by atoms with Crippen molar-refractivity contribution in [1.29, 1.82) is 0 Å². The lowest BCUT2D eigenvalue weighted by Crippen LogP contribution is -2.27. The molecule has 0 amide bonds. The Bertz CT molecular complexity index is 528. The summed E-state index contributed by atoms with van der Waals surface area (Å²) in [7, 11) is 0. The van der Waals surface area contributed by atoms with Crippen LogP contribution in [-0.2, 0) is 0 Å². The van der Waals surface area contributed by atoms with Crippen molar-refractivity contribution in [3.63, 3.8) is 0 Å². The summed E-state index contributed by atoms with van der Waals surface area (Å²) >= 11 is 6.13. The Morgan fingerprint density at radius 2 is 2.05 bits per heavy atom. The summed E-state index contributed by atoms with van der Waals surface area (Å²) in [5.74, 6) is 0.293. The second-order valence-electron chi connectivity index (χ2n) is 5.03. The molecule has 20 heavy (non-hydrogen) atoms. The van der Waals surface area contributed by atoms with Gasteiger partial charge in [0.25, 0.3) is 0 Å². The highest BCUT2D eigenvalue weighted by atomic mass is 35.5. The van der Waals surface area contributed by atoms with Gasteiger partial charge < -0.3 is 5.32 Å². The standard InChI is InChI=1S/C17H21ClN2/c1-3-10-20-17(14-7-6-8-15(18)12-14)13(2)16-9-4-5-11-19-16/h4-9,11-13,17,20H,3,10H2,1-2H3. The molecule has 0 aliphatic carbocycles. The van der Waals surface area contributed by atoms with Gasteiger partial charge in [0.05, 0.1) is 0 Å². The SMILES string of the molecule is CCCNC(c1cccc(Cl)c1)C(C)c1ccccn1. The van der Waals surface area contributed by atoms with E-state index < -0.39 is 0 Å². The van der Waals surface area contributed by atoms with E-state index in [1.807, 2.05) is 36.5 Å². The molecule has 2 rings (SSSR count). The van der Waals surface area contributed by atoms with E-state index in [1.165, 1.54) is 5.56 Å². The van der Waals surface area contributed by atoms with Gasteiger partial charge in [-0.15, -0.1) is 0 Å². The Morgan fingerprint density at radius 1 is 1.20 bits per heavy atom. The maximum atomic E-state index is 6.13. The highest BCUT2D eigenvalue weighted by Crippen LogP contribution is 2.30. The third-order valence-corrected chi connectivity index (χ3v) is 3.71. The van der Waals surface area contributed by atoms with Gasteiger partial charge in [-0.05, 0) is 42.8 Å². The molecule has 1 aromatic carbocycles. The minimum Gasteiger partial charge on any atom is -0.309 e. The number of halogens is 1. The van der Waals surface area contributed by atoms with Crippen LogP contribution in [-0.4, -0.2) is 11.5 Å². The van der Waals surface area contributed by atoms with E-state index in [0.29, 0.717) is 5.92 Å². The third kappa shape index (κ3) is 3.81. The number of hydrogen-bond acceptors (Lipinski definition) is 2. The third-order valence-electron chi connectivity index (χ3n) is 3.48. The molecule has 0 bridgehead atoms. The van der Waals surface area contributed by atoms with Gasteiger partial charge in [-0.3, -0.25) is 4.98 Å². The van der Waals surface area contributed by atoms with Crippen LogP contribution in [0, 0.1) is 0 Å². The van der Waals surface area contributed by atoms with Crippen LogP contribution in [0.15, 0.2) is 48.7 Å². The van der Waals surface area contributed by atoms with E-state index in [1.54, 1.807) is 0 Å². The summed E-state index contributed by atoms with van der Waals surface area (Å²) in [6.45, 7) is 5.36. The molecule has 0 fully saturated rings. The van der Waals surface area contributed by atoms with Crippen LogP contribution in [0.3, 0.4) is 0 Å². The van der Waals surface area contributed by atoms with Crippen molar-refractivity contribution in [3.05, 3.63) is 64.9 Å². The molecule has 1 N–H and O–H groups in total. The fourth-order valence-electron chi connectivity index (χ4n) is 2.40. The molecule has 3 heteroatoms. The molecule has 2 nitrogen and oxygen atoms in total. The Balaban J connectivity index is 2.27. The second kappa shape index (κ2) is 7.41. The van der Waals surface area contributed by atoms with Crippen molar-refractivity contribution in [3.8, 4) is 0 Å². The molecule has 2 atom stereocenters. The van der Waals surface area contributed by atoms with E-state index in [4.69, 9.17) is 11.6 Å². The molecule has 1 aromatic heterocycles. The van der Waals surface area contributed by atoms with E-state index in [-0.39, 0.29) is 6.04 Å². The van der Waals surface area contributed by atoms with Crippen molar-refractivity contribution < 1.29 is 0 Å². The smallest absolute Gasteiger partial charge is 0.0450 e. The van der Waals surface area contributed by atoms with E-state index >= 15 is 0 Å². The summed E-state index contributed by atoms with van der Waals surface area (Å²) in [5.41, 5.74) is 2.31. The van der Waals surface area contributed by atoms with Crippen molar-refractivity contribution >= 4 is 11.6 Å². The Morgan fingerprint density at radius 3 is 2.70 bits per heavy atom. The monoisotopic (exact) mass is 288 g/mol. The van der Waals surface area contributed by atoms with Gasteiger partial charge in [-0.2, -0.15) is 0 Å². The molecule has 0 aliphatic rings. The van der Waals surface area contributed by atoms with Gasteiger partial charge in [0.1, 0.15) is 0 Å². The molecular formula is C17H21ClN2. The van der Waals surface area contributed by atoms with Crippen molar-refractivity contribution in [2.75, 3.05) is 6.54 Å². The predicted octanol–water partition coefficient (Wildman–Crippen LogP) is 4.58. The first kappa shape index (κ1) is 15.0. The molecule has 0 radical (unpaired) electrons. The average molecular weight is 289 g/mol. The number of aromatic nitrogens is 1. The van der Waals surface area contributed by atoms with Crippen LogP contribution in [0.25, 0.3) is 0 Å². The van der Waals surface area contributed by atoms with E-state index in [2.05, 4.69) is 36.3 Å². The molecule has 0 saturated carbocycles.